The molecule has 2 aliphatic rings. The number of ether oxygens (including phenoxy) is 2. The Morgan fingerprint density at radius 3 is 1.69 bits per heavy atom. The van der Waals surface area contributed by atoms with Crippen LogP contribution >= 0.6 is 0 Å². The maximum absolute atomic E-state index is 10.0. The van der Waals surface area contributed by atoms with Crippen molar-refractivity contribution in [3.8, 4) is 0 Å². The lowest BCUT2D eigenvalue weighted by Crippen LogP contribution is -2.53. The molecule has 0 aromatic heterocycles. The van der Waals surface area contributed by atoms with Crippen LogP contribution in [0.25, 0.3) is 0 Å². The van der Waals surface area contributed by atoms with Gasteiger partial charge in [-0.3, -0.25) is 0 Å². The van der Waals surface area contributed by atoms with Crippen LogP contribution in [0, 0.1) is 0 Å². The molecule has 13 heavy (non-hydrogen) atoms. The molecule has 0 spiro atoms. The summed E-state index contributed by atoms with van der Waals surface area (Å²) in [7, 11) is 0. The van der Waals surface area contributed by atoms with E-state index in [-0.39, 0.29) is 0 Å². The van der Waals surface area contributed by atoms with E-state index in [1.54, 1.807) is 13.8 Å². The second-order valence-electron chi connectivity index (χ2n) is 4.38. The monoisotopic (exact) mass is 188 g/mol. The van der Waals surface area contributed by atoms with Gasteiger partial charge in [-0.1, -0.05) is 0 Å². The lowest BCUT2D eigenvalue weighted by molar-refractivity contribution is -0.309. The second kappa shape index (κ2) is 2.45. The molecule has 4 heteroatoms. The van der Waals surface area contributed by atoms with Gasteiger partial charge >= 0.3 is 0 Å². The lowest BCUT2D eigenvalue weighted by atomic mass is 9.88. The molecule has 76 valence electrons. The Kier molecular flexibility index (Phi) is 1.77. The van der Waals surface area contributed by atoms with E-state index in [1.807, 2.05) is 0 Å². The summed E-state index contributed by atoms with van der Waals surface area (Å²) in [5.74, 6) is -3.91. The molecule has 2 atom stereocenters. The maximum atomic E-state index is 10.0. The summed E-state index contributed by atoms with van der Waals surface area (Å²) >= 11 is 0. The van der Waals surface area contributed by atoms with E-state index in [2.05, 4.69) is 0 Å². The fourth-order valence-electron chi connectivity index (χ4n) is 2.22. The standard InChI is InChI=1S/C9H16O4/c1-7(2)12-8(10)5-3-4-6-9(8,11)13-7/h10-11H,3-6H2,1-2H3. The molecule has 0 radical (unpaired) electrons. The van der Waals surface area contributed by atoms with Crippen LogP contribution in [0.2, 0.25) is 0 Å². The van der Waals surface area contributed by atoms with Gasteiger partial charge in [0.15, 0.2) is 5.79 Å². The van der Waals surface area contributed by atoms with Gasteiger partial charge < -0.3 is 19.7 Å². The van der Waals surface area contributed by atoms with Gasteiger partial charge in [0.1, 0.15) is 0 Å². The predicted molar refractivity (Wildman–Crippen MR) is 44.6 cm³/mol. The molecule has 0 aromatic rings. The van der Waals surface area contributed by atoms with Crippen molar-refractivity contribution in [2.45, 2.75) is 56.9 Å². The summed E-state index contributed by atoms with van der Waals surface area (Å²) in [5, 5.41) is 20.0. The van der Waals surface area contributed by atoms with Crippen LogP contribution in [0.5, 0.6) is 0 Å². The second-order valence-corrected chi connectivity index (χ2v) is 4.38. The minimum absolute atomic E-state index is 0.437. The number of hydrogen-bond acceptors (Lipinski definition) is 4. The van der Waals surface area contributed by atoms with Gasteiger partial charge in [0.2, 0.25) is 11.6 Å². The minimum Gasteiger partial charge on any atom is -0.361 e. The van der Waals surface area contributed by atoms with Crippen molar-refractivity contribution in [2.75, 3.05) is 0 Å². The maximum Gasteiger partial charge on any atom is 0.223 e. The third-order valence-electron chi connectivity index (χ3n) is 2.72. The van der Waals surface area contributed by atoms with Gasteiger partial charge in [0, 0.05) is 12.8 Å². The number of fused-ring (bicyclic) bond motifs is 1. The average molecular weight is 188 g/mol. The molecule has 1 aliphatic heterocycles. The summed E-state index contributed by atoms with van der Waals surface area (Å²) in [5.41, 5.74) is 0. The van der Waals surface area contributed by atoms with Crippen molar-refractivity contribution in [2.24, 2.45) is 0 Å². The van der Waals surface area contributed by atoms with Gasteiger partial charge in [-0.15, -0.1) is 0 Å². The van der Waals surface area contributed by atoms with Crippen LogP contribution in [-0.4, -0.2) is 27.6 Å². The van der Waals surface area contributed by atoms with Gasteiger partial charge in [-0.25, -0.2) is 0 Å². The number of hydrogen-bond donors (Lipinski definition) is 2. The lowest BCUT2D eigenvalue weighted by Gasteiger charge is -2.37. The molecule has 0 amide bonds. The average Bonchev–Trinajstić information content (AvgIpc) is 2.12. The van der Waals surface area contributed by atoms with Crippen LogP contribution in [0.1, 0.15) is 39.5 Å². The van der Waals surface area contributed by atoms with Crippen molar-refractivity contribution < 1.29 is 19.7 Å². The third kappa shape index (κ3) is 1.29. The summed E-state index contributed by atoms with van der Waals surface area (Å²) in [6, 6.07) is 0. The van der Waals surface area contributed by atoms with Crippen molar-refractivity contribution in [1.29, 1.82) is 0 Å². The first-order valence-electron chi connectivity index (χ1n) is 4.72. The molecule has 1 heterocycles. The van der Waals surface area contributed by atoms with Crippen molar-refractivity contribution in [3.05, 3.63) is 0 Å². The molecule has 0 aromatic carbocycles. The molecule has 1 saturated heterocycles. The van der Waals surface area contributed by atoms with Crippen LogP contribution in [-0.2, 0) is 9.47 Å². The molecule has 2 fully saturated rings. The normalized spacial score (nSPS) is 48.9. The highest BCUT2D eigenvalue weighted by atomic mass is 16.9. The highest BCUT2D eigenvalue weighted by Crippen LogP contribution is 2.49. The van der Waals surface area contributed by atoms with Gasteiger partial charge in [-0.05, 0) is 26.7 Å². The third-order valence-corrected chi connectivity index (χ3v) is 2.72. The zero-order chi connectivity index (χ0) is 9.74. The minimum atomic E-state index is -1.51. The van der Waals surface area contributed by atoms with E-state index >= 15 is 0 Å². The first-order chi connectivity index (χ1) is 5.87. The smallest absolute Gasteiger partial charge is 0.223 e. The Hall–Kier alpha value is -0.160. The Morgan fingerprint density at radius 2 is 1.31 bits per heavy atom. The Labute approximate surface area is 77.5 Å². The molecule has 1 saturated carbocycles. The van der Waals surface area contributed by atoms with Crippen LogP contribution in [0.15, 0.2) is 0 Å². The molecule has 2 N–H and O–H groups in total. The predicted octanol–water partition coefficient (Wildman–Crippen LogP) is 0.720. The van der Waals surface area contributed by atoms with Crippen LogP contribution in [0.4, 0.5) is 0 Å². The molecule has 0 bridgehead atoms. The molecular formula is C9H16O4. The van der Waals surface area contributed by atoms with E-state index in [9.17, 15) is 10.2 Å². The van der Waals surface area contributed by atoms with Crippen LogP contribution < -0.4 is 0 Å². The summed E-state index contributed by atoms with van der Waals surface area (Å²) in [4.78, 5) is 0. The van der Waals surface area contributed by atoms with Crippen molar-refractivity contribution >= 4 is 0 Å². The topological polar surface area (TPSA) is 58.9 Å². The fourth-order valence-corrected chi connectivity index (χ4v) is 2.22. The highest BCUT2D eigenvalue weighted by Gasteiger charge is 2.63. The van der Waals surface area contributed by atoms with E-state index in [1.165, 1.54) is 0 Å². The number of rotatable bonds is 0. The summed E-state index contributed by atoms with van der Waals surface area (Å²) < 4.78 is 10.7. The zero-order valence-corrected chi connectivity index (χ0v) is 8.04. The van der Waals surface area contributed by atoms with E-state index in [0.29, 0.717) is 12.8 Å². The molecule has 4 nitrogen and oxygen atoms in total. The Morgan fingerprint density at radius 1 is 0.923 bits per heavy atom. The molecule has 2 rings (SSSR count). The largest absolute Gasteiger partial charge is 0.361 e. The summed E-state index contributed by atoms with van der Waals surface area (Å²) in [6.45, 7) is 3.39. The molecule has 1 aliphatic carbocycles. The fraction of sp³-hybridized carbons (Fsp3) is 1.00. The van der Waals surface area contributed by atoms with Crippen LogP contribution in [0.3, 0.4) is 0 Å². The highest BCUT2D eigenvalue weighted by molar-refractivity contribution is 4.96. The molecule has 2 unspecified atom stereocenters. The SMILES string of the molecule is CC1(C)OC2(O)CCCCC2(O)O1. The quantitative estimate of drug-likeness (QED) is 0.588. The van der Waals surface area contributed by atoms with Crippen molar-refractivity contribution in [3.63, 3.8) is 0 Å². The van der Waals surface area contributed by atoms with E-state index in [4.69, 9.17) is 9.47 Å². The van der Waals surface area contributed by atoms with Gasteiger partial charge in [0.25, 0.3) is 0 Å². The van der Waals surface area contributed by atoms with Gasteiger partial charge in [-0.2, -0.15) is 0 Å². The summed E-state index contributed by atoms with van der Waals surface area (Å²) in [6.07, 6.45) is 2.59. The first kappa shape index (κ1) is 9.40. The number of aliphatic hydroxyl groups is 2. The Bertz CT molecular complexity index is 206. The van der Waals surface area contributed by atoms with E-state index in [0.717, 1.165) is 12.8 Å². The molecular weight excluding hydrogens is 172 g/mol. The van der Waals surface area contributed by atoms with Crippen molar-refractivity contribution in [1.82, 2.24) is 0 Å². The Balaban J connectivity index is 2.29. The zero-order valence-electron chi connectivity index (χ0n) is 8.04. The van der Waals surface area contributed by atoms with Gasteiger partial charge in [0.05, 0.1) is 0 Å². The van der Waals surface area contributed by atoms with E-state index < -0.39 is 17.4 Å². The first-order valence-corrected chi connectivity index (χ1v) is 4.72.